The summed E-state index contributed by atoms with van der Waals surface area (Å²) in [4.78, 5) is 0. The van der Waals surface area contributed by atoms with Crippen molar-refractivity contribution in [1.29, 1.82) is 0 Å². The fourth-order valence-corrected chi connectivity index (χ4v) is 4.93. The van der Waals surface area contributed by atoms with Crippen molar-refractivity contribution in [3.8, 4) is 0 Å². The summed E-state index contributed by atoms with van der Waals surface area (Å²) in [5.41, 5.74) is 5.96. The second-order valence-electron chi connectivity index (χ2n) is 5.80. The van der Waals surface area contributed by atoms with E-state index in [9.17, 15) is 0 Å². The van der Waals surface area contributed by atoms with E-state index in [0.717, 1.165) is 17.8 Å². The van der Waals surface area contributed by atoms with E-state index in [2.05, 4.69) is 30.4 Å². The molecule has 4 unspecified atom stereocenters. The maximum Gasteiger partial charge on any atom is 0.00930 e. The van der Waals surface area contributed by atoms with Gasteiger partial charge in [-0.3, -0.25) is 0 Å². The van der Waals surface area contributed by atoms with Crippen LogP contribution in [0.5, 0.6) is 0 Å². The van der Waals surface area contributed by atoms with Gasteiger partial charge in [-0.25, -0.2) is 0 Å². The Labute approximate surface area is 90.1 Å². The van der Waals surface area contributed by atoms with E-state index < -0.39 is 0 Å². The van der Waals surface area contributed by atoms with Gasteiger partial charge in [0.2, 0.25) is 0 Å². The molecule has 0 N–H and O–H groups in total. The van der Waals surface area contributed by atoms with Gasteiger partial charge in [-0.2, -0.15) is 0 Å². The van der Waals surface area contributed by atoms with Crippen molar-refractivity contribution in [3.05, 3.63) is 47.1 Å². The summed E-state index contributed by atoms with van der Waals surface area (Å²) in [6.07, 6.45) is 16.1. The third-order valence-electron chi connectivity index (χ3n) is 5.45. The Morgan fingerprint density at radius 1 is 1.27 bits per heavy atom. The van der Waals surface area contributed by atoms with E-state index in [-0.39, 0.29) is 0 Å². The molecule has 5 aliphatic carbocycles. The Morgan fingerprint density at radius 3 is 3.27 bits per heavy atom. The van der Waals surface area contributed by atoms with Crippen LogP contribution < -0.4 is 0 Å². The fraction of sp³-hybridized carbons (Fsp3) is 0.467. The number of hydrogen-bond donors (Lipinski definition) is 0. The van der Waals surface area contributed by atoms with Gasteiger partial charge in [0.15, 0.2) is 0 Å². The average Bonchev–Trinajstić information content (AvgIpc) is 2.66. The molecule has 15 heavy (non-hydrogen) atoms. The van der Waals surface area contributed by atoms with E-state index in [1.165, 1.54) is 19.3 Å². The van der Waals surface area contributed by atoms with Crippen LogP contribution in [-0.4, -0.2) is 0 Å². The zero-order chi connectivity index (χ0) is 9.62. The minimum Gasteiger partial charge on any atom is -0.0844 e. The first-order valence-corrected chi connectivity index (χ1v) is 6.19. The zero-order valence-electron chi connectivity index (χ0n) is 8.74. The van der Waals surface area contributed by atoms with Gasteiger partial charge in [-0.1, -0.05) is 36.0 Å². The maximum atomic E-state index is 2.51. The van der Waals surface area contributed by atoms with Gasteiger partial charge in [-0.15, -0.1) is 0 Å². The highest BCUT2D eigenvalue weighted by atomic mass is 14.7. The van der Waals surface area contributed by atoms with Crippen molar-refractivity contribution in [2.24, 2.45) is 23.2 Å². The van der Waals surface area contributed by atoms with E-state index in [0.29, 0.717) is 5.41 Å². The monoisotopic (exact) mass is 194 g/mol. The van der Waals surface area contributed by atoms with Gasteiger partial charge < -0.3 is 0 Å². The molecule has 0 aromatic heterocycles. The number of hydrogen-bond acceptors (Lipinski definition) is 0. The molecule has 0 aromatic carbocycles. The first-order valence-electron chi connectivity index (χ1n) is 6.19. The molecule has 0 saturated heterocycles. The highest BCUT2D eigenvalue weighted by Gasteiger charge is 2.70. The van der Waals surface area contributed by atoms with Gasteiger partial charge in [0.1, 0.15) is 0 Å². The fourth-order valence-electron chi connectivity index (χ4n) is 4.93. The number of rotatable bonds is 0. The van der Waals surface area contributed by atoms with Gasteiger partial charge in [0, 0.05) is 11.3 Å². The molecule has 0 heteroatoms. The second kappa shape index (κ2) is 1.93. The molecule has 2 fully saturated rings. The first kappa shape index (κ1) is 7.27. The van der Waals surface area contributed by atoms with Gasteiger partial charge in [-0.05, 0) is 42.2 Å². The Kier molecular flexibility index (Phi) is 0.937. The molecule has 5 rings (SSSR count). The highest BCUT2D eigenvalue weighted by molar-refractivity contribution is 5.64. The standard InChI is InChI=1S/C15H14/c1-2-4-12-11(3-1)13-8-15(13)10-6-5-9(7-10)14(12)15/h1-2,4-6,9-10,14H,3,7-8H2. The van der Waals surface area contributed by atoms with Crippen LogP contribution in [0.1, 0.15) is 19.3 Å². The van der Waals surface area contributed by atoms with Crippen LogP contribution in [-0.2, 0) is 0 Å². The third kappa shape index (κ3) is 0.577. The zero-order valence-corrected chi connectivity index (χ0v) is 8.74. The molecule has 0 amide bonds. The van der Waals surface area contributed by atoms with Crippen LogP contribution in [0.25, 0.3) is 0 Å². The Morgan fingerprint density at radius 2 is 2.27 bits per heavy atom. The van der Waals surface area contributed by atoms with Crippen molar-refractivity contribution >= 4 is 0 Å². The third-order valence-corrected chi connectivity index (χ3v) is 5.45. The summed E-state index contributed by atoms with van der Waals surface area (Å²) in [5.74, 6) is 2.67. The van der Waals surface area contributed by atoms with Crippen LogP contribution >= 0.6 is 0 Å². The van der Waals surface area contributed by atoms with E-state index in [1.807, 2.05) is 5.57 Å². The van der Waals surface area contributed by atoms with Crippen molar-refractivity contribution in [2.45, 2.75) is 19.3 Å². The molecule has 4 atom stereocenters. The SMILES string of the molecule is C1=CCC2=C3CC34C3C=CC(C3)C4C2=C1. The van der Waals surface area contributed by atoms with Crippen LogP contribution in [0, 0.1) is 23.2 Å². The van der Waals surface area contributed by atoms with Crippen molar-refractivity contribution in [1.82, 2.24) is 0 Å². The minimum atomic E-state index is 0.659. The summed E-state index contributed by atoms with van der Waals surface area (Å²) in [6.45, 7) is 0. The van der Waals surface area contributed by atoms with E-state index >= 15 is 0 Å². The van der Waals surface area contributed by atoms with Crippen molar-refractivity contribution < 1.29 is 0 Å². The molecule has 2 bridgehead atoms. The second-order valence-corrected chi connectivity index (χ2v) is 5.80. The molecule has 0 aromatic rings. The quantitative estimate of drug-likeness (QED) is 0.518. The summed E-state index contributed by atoms with van der Waals surface area (Å²) in [5, 5.41) is 0. The largest absolute Gasteiger partial charge is 0.0844 e. The van der Waals surface area contributed by atoms with Gasteiger partial charge in [0.25, 0.3) is 0 Å². The van der Waals surface area contributed by atoms with E-state index in [4.69, 9.17) is 0 Å². The molecule has 0 nitrogen and oxygen atoms in total. The van der Waals surface area contributed by atoms with Crippen LogP contribution in [0.15, 0.2) is 47.1 Å². The number of allylic oxidation sites excluding steroid dienone is 8. The molecule has 0 aliphatic heterocycles. The molecule has 0 radical (unpaired) electrons. The Hall–Kier alpha value is -1.04. The van der Waals surface area contributed by atoms with Gasteiger partial charge in [0.05, 0.1) is 0 Å². The van der Waals surface area contributed by atoms with Crippen LogP contribution in [0.4, 0.5) is 0 Å². The molecule has 2 saturated carbocycles. The first-order chi connectivity index (χ1) is 7.41. The molecular weight excluding hydrogens is 180 g/mol. The van der Waals surface area contributed by atoms with Crippen molar-refractivity contribution in [2.75, 3.05) is 0 Å². The minimum absolute atomic E-state index is 0.659. The molecule has 1 spiro atoms. The smallest absolute Gasteiger partial charge is 0.00930 e. The summed E-state index contributed by atoms with van der Waals surface area (Å²) in [7, 11) is 0. The summed E-state index contributed by atoms with van der Waals surface area (Å²) < 4.78 is 0. The lowest BCUT2D eigenvalue weighted by Gasteiger charge is -2.27. The lowest BCUT2D eigenvalue weighted by Crippen LogP contribution is -2.20. The lowest BCUT2D eigenvalue weighted by atomic mass is 9.76. The Balaban J connectivity index is 1.81. The summed E-state index contributed by atoms with van der Waals surface area (Å²) >= 11 is 0. The lowest BCUT2D eigenvalue weighted by molar-refractivity contribution is 0.362. The van der Waals surface area contributed by atoms with Crippen LogP contribution in [0.2, 0.25) is 0 Å². The average molecular weight is 194 g/mol. The summed E-state index contributed by atoms with van der Waals surface area (Å²) in [6, 6.07) is 0. The molecule has 74 valence electrons. The number of fused-ring (bicyclic) bond motifs is 5. The predicted octanol–water partition coefficient (Wildman–Crippen LogP) is 3.40. The predicted molar refractivity (Wildman–Crippen MR) is 60.1 cm³/mol. The van der Waals surface area contributed by atoms with E-state index in [1.54, 1.807) is 11.1 Å². The molecule has 5 aliphatic rings. The molecular formula is C15H14. The topological polar surface area (TPSA) is 0 Å². The maximum absolute atomic E-state index is 2.51. The molecule has 0 heterocycles. The van der Waals surface area contributed by atoms with Gasteiger partial charge >= 0.3 is 0 Å². The highest BCUT2D eigenvalue weighted by Crippen LogP contribution is 2.79. The van der Waals surface area contributed by atoms with Crippen molar-refractivity contribution in [3.63, 3.8) is 0 Å². The Bertz CT molecular complexity index is 500. The van der Waals surface area contributed by atoms with Crippen LogP contribution in [0.3, 0.4) is 0 Å². The normalized spacial score (nSPS) is 51.7.